The normalized spacial score (nSPS) is 20.2. The summed E-state index contributed by atoms with van der Waals surface area (Å²) in [7, 11) is 0. The maximum Gasteiger partial charge on any atom is 0.262 e. The Morgan fingerprint density at radius 3 is 2.44 bits per heavy atom. The lowest BCUT2D eigenvalue weighted by atomic mass is 9.87. The second-order valence-electron chi connectivity index (χ2n) is 10.2. The van der Waals surface area contributed by atoms with Gasteiger partial charge < -0.3 is 5.32 Å². The number of hydrogen-bond donors (Lipinski definition) is 2. The Bertz CT molecular complexity index is 1450. The van der Waals surface area contributed by atoms with E-state index >= 15 is 0 Å². The first kappa shape index (κ1) is 24.9. The number of rotatable bonds is 6. The maximum atomic E-state index is 13.2. The highest BCUT2D eigenvalue weighted by molar-refractivity contribution is 6.23. The van der Waals surface area contributed by atoms with Gasteiger partial charge in [-0.3, -0.25) is 34.3 Å². The lowest BCUT2D eigenvalue weighted by molar-refractivity contribution is -0.136. The number of likely N-dealkylation sites (tertiary alicyclic amines) is 1. The zero-order chi connectivity index (χ0) is 26.9. The number of hydrogen-bond acceptors (Lipinski definition) is 8. The van der Waals surface area contributed by atoms with Crippen LogP contribution in [0.25, 0.3) is 0 Å². The van der Waals surface area contributed by atoms with Crippen LogP contribution in [0.3, 0.4) is 0 Å². The van der Waals surface area contributed by atoms with Crippen LogP contribution in [0.5, 0.6) is 0 Å². The molecule has 6 rings (SSSR count). The molecule has 2 fully saturated rings. The van der Waals surface area contributed by atoms with Gasteiger partial charge in [0, 0.05) is 19.2 Å². The summed E-state index contributed by atoms with van der Waals surface area (Å²) in [5, 5.41) is 5.47. The van der Waals surface area contributed by atoms with Crippen LogP contribution in [0.15, 0.2) is 60.8 Å². The third-order valence-electron chi connectivity index (χ3n) is 7.64. The Hall–Kier alpha value is -4.44. The van der Waals surface area contributed by atoms with Crippen LogP contribution < -0.4 is 10.6 Å². The van der Waals surface area contributed by atoms with Crippen LogP contribution in [0.2, 0.25) is 0 Å². The molecule has 2 saturated heterocycles. The molecular formula is C29H28N6O4. The molecule has 3 aliphatic rings. The first-order chi connectivity index (χ1) is 19.0. The number of anilines is 2. The Morgan fingerprint density at radius 2 is 1.67 bits per heavy atom. The molecule has 4 amide bonds. The van der Waals surface area contributed by atoms with Gasteiger partial charge in [0.05, 0.1) is 16.8 Å². The highest BCUT2D eigenvalue weighted by Crippen LogP contribution is 2.34. The smallest absolute Gasteiger partial charge is 0.262 e. The topological polar surface area (TPSA) is 125 Å². The zero-order valence-corrected chi connectivity index (χ0v) is 21.3. The van der Waals surface area contributed by atoms with E-state index in [1.165, 1.54) is 0 Å². The van der Waals surface area contributed by atoms with Crippen LogP contribution in [0.1, 0.15) is 63.6 Å². The average Bonchev–Trinajstić information content (AvgIpc) is 3.19. The average molecular weight is 525 g/mol. The molecule has 5 heterocycles. The molecule has 3 aromatic rings. The van der Waals surface area contributed by atoms with Gasteiger partial charge in [0.15, 0.2) is 0 Å². The highest BCUT2D eigenvalue weighted by Gasteiger charge is 2.44. The number of nitrogens with one attached hydrogen (secondary N) is 2. The number of aromatic nitrogens is 2. The van der Waals surface area contributed by atoms with Gasteiger partial charge in [0.25, 0.3) is 11.8 Å². The van der Waals surface area contributed by atoms with Crippen molar-refractivity contribution in [3.8, 4) is 0 Å². The molecule has 10 heteroatoms. The third kappa shape index (κ3) is 5.03. The van der Waals surface area contributed by atoms with Crippen LogP contribution in [-0.4, -0.2) is 62.5 Å². The van der Waals surface area contributed by atoms with Crippen molar-refractivity contribution in [2.24, 2.45) is 0 Å². The van der Waals surface area contributed by atoms with E-state index in [2.05, 4.69) is 20.5 Å². The predicted octanol–water partition coefficient (Wildman–Crippen LogP) is 3.00. The fraction of sp³-hybridized carbons (Fsp3) is 0.310. The summed E-state index contributed by atoms with van der Waals surface area (Å²) in [6.07, 6.45) is 3.83. The molecule has 39 heavy (non-hydrogen) atoms. The van der Waals surface area contributed by atoms with E-state index in [1.807, 2.05) is 48.5 Å². The number of benzene rings is 1. The van der Waals surface area contributed by atoms with Gasteiger partial charge in [-0.2, -0.15) is 0 Å². The van der Waals surface area contributed by atoms with Gasteiger partial charge >= 0.3 is 0 Å². The lowest BCUT2D eigenvalue weighted by Gasteiger charge is -2.32. The van der Waals surface area contributed by atoms with E-state index in [0.29, 0.717) is 11.1 Å². The van der Waals surface area contributed by atoms with Crippen molar-refractivity contribution in [1.82, 2.24) is 25.1 Å². The molecule has 2 aromatic heterocycles. The van der Waals surface area contributed by atoms with Gasteiger partial charge in [-0.05, 0) is 80.2 Å². The van der Waals surface area contributed by atoms with Gasteiger partial charge in [-0.25, -0.2) is 9.97 Å². The van der Waals surface area contributed by atoms with Gasteiger partial charge in [0.2, 0.25) is 11.8 Å². The second-order valence-corrected chi connectivity index (χ2v) is 10.2. The molecule has 1 aromatic carbocycles. The molecule has 0 radical (unpaired) electrons. The molecule has 1 unspecified atom stereocenters. The van der Waals surface area contributed by atoms with E-state index < -0.39 is 23.8 Å². The summed E-state index contributed by atoms with van der Waals surface area (Å²) >= 11 is 0. The van der Waals surface area contributed by atoms with Crippen molar-refractivity contribution < 1.29 is 19.2 Å². The van der Waals surface area contributed by atoms with Crippen LogP contribution in [-0.2, 0) is 16.1 Å². The van der Waals surface area contributed by atoms with Gasteiger partial charge in [-0.15, -0.1) is 0 Å². The number of imide groups is 2. The first-order valence-electron chi connectivity index (χ1n) is 13.2. The minimum Gasteiger partial charge on any atom is -0.325 e. The zero-order valence-electron chi connectivity index (χ0n) is 21.3. The predicted molar refractivity (Wildman–Crippen MR) is 142 cm³/mol. The second kappa shape index (κ2) is 10.4. The fourth-order valence-corrected chi connectivity index (χ4v) is 5.60. The molecule has 0 aliphatic carbocycles. The Morgan fingerprint density at radius 1 is 0.872 bits per heavy atom. The van der Waals surface area contributed by atoms with Gasteiger partial charge in [0.1, 0.15) is 17.7 Å². The van der Waals surface area contributed by atoms with Crippen molar-refractivity contribution in [3.63, 3.8) is 0 Å². The summed E-state index contributed by atoms with van der Waals surface area (Å²) < 4.78 is 0. The number of piperidine rings is 2. The molecule has 0 spiro atoms. The molecule has 10 nitrogen and oxygen atoms in total. The standard InChI is InChI=1S/C29H28N6O4/c36-26-10-9-23(27(37)33-26)35-28(38)21-8-7-19(16-22(21)29(35)39)18-11-14-34(15-12-18)17-20-4-3-6-25(31-20)32-24-5-1-2-13-30-24/h1-8,13,16,18,23H,9-12,14-15,17H2,(H,30,31,32)(H,33,36,37). The largest absolute Gasteiger partial charge is 0.325 e. The van der Waals surface area contributed by atoms with E-state index in [4.69, 9.17) is 4.98 Å². The van der Waals surface area contributed by atoms with Crippen LogP contribution >= 0.6 is 0 Å². The van der Waals surface area contributed by atoms with Crippen molar-refractivity contribution in [1.29, 1.82) is 0 Å². The van der Waals surface area contributed by atoms with Crippen molar-refractivity contribution >= 4 is 35.3 Å². The Balaban J connectivity index is 1.08. The maximum absolute atomic E-state index is 13.2. The van der Waals surface area contributed by atoms with Crippen LogP contribution in [0.4, 0.5) is 11.6 Å². The van der Waals surface area contributed by atoms with Crippen molar-refractivity contribution in [3.05, 3.63) is 83.2 Å². The number of amides is 4. The molecule has 2 N–H and O–H groups in total. The van der Waals surface area contributed by atoms with E-state index in [9.17, 15) is 19.2 Å². The van der Waals surface area contributed by atoms with E-state index in [0.717, 1.165) is 60.3 Å². The molecular weight excluding hydrogens is 496 g/mol. The highest BCUT2D eigenvalue weighted by atomic mass is 16.2. The summed E-state index contributed by atoms with van der Waals surface area (Å²) in [5.74, 6) is -0.147. The third-order valence-corrected chi connectivity index (χ3v) is 7.64. The van der Waals surface area contributed by atoms with E-state index in [-0.39, 0.29) is 24.7 Å². The monoisotopic (exact) mass is 524 g/mol. The summed E-state index contributed by atoms with van der Waals surface area (Å²) in [6.45, 7) is 2.51. The summed E-state index contributed by atoms with van der Waals surface area (Å²) in [5.41, 5.74) is 2.66. The number of pyridine rings is 2. The minimum absolute atomic E-state index is 0.105. The number of nitrogens with zero attached hydrogens (tertiary/aromatic N) is 4. The Kier molecular flexibility index (Phi) is 6.62. The number of fused-ring (bicyclic) bond motifs is 1. The van der Waals surface area contributed by atoms with Gasteiger partial charge in [-0.1, -0.05) is 18.2 Å². The number of carbonyl (C=O) groups excluding carboxylic acids is 4. The first-order valence-corrected chi connectivity index (χ1v) is 13.2. The van der Waals surface area contributed by atoms with E-state index in [1.54, 1.807) is 12.3 Å². The van der Waals surface area contributed by atoms with Crippen LogP contribution in [0, 0.1) is 0 Å². The fourth-order valence-electron chi connectivity index (χ4n) is 5.60. The minimum atomic E-state index is -0.951. The summed E-state index contributed by atoms with van der Waals surface area (Å²) in [6, 6.07) is 16.1. The molecule has 198 valence electrons. The summed E-state index contributed by atoms with van der Waals surface area (Å²) in [4.78, 5) is 62.4. The number of carbonyl (C=O) groups is 4. The van der Waals surface area contributed by atoms with Crippen molar-refractivity contribution in [2.45, 2.75) is 44.2 Å². The molecule has 0 saturated carbocycles. The van der Waals surface area contributed by atoms with Crippen molar-refractivity contribution in [2.75, 3.05) is 18.4 Å². The Labute approximate surface area is 225 Å². The molecule has 3 aliphatic heterocycles. The lowest BCUT2D eigenvalue weighted by Crippen LogP contribution is -2.54. The quantitative estimate of drug-likeness (QED) is 0.472. The molecule has 0 bridgehead atoms. The molecule has 1 atom stereocenters. The SMILES string of the molecule is O=C1CCC(N2C(=O)c3ccc(C4CCN(Cc5cccc(Nc6ccccn6)n5)CC4)cc3C2=O)C(=O)N1.